The second-order valence-electron chi connectivity index (χ2n) is 6.03. The number of hydrogen-bond acceptors (Lipinski definition) is 8. The first-order valence-corrected chi connectivity index (χ1v) is 7.98. The smallest absolute Gasteiger partial charge is 0.315 e. The van der Waals surface area contributed by atoms with Crippen molar-refractivity contribution in [3.63, 3.8) is 0 Å². The molecule has 1 aliphatic carbocycles. The van der Waals surface area contributed by atoms with Gasteiger partial charge >= 0.3 is 11.9 Å². The van der Waals surface area contributed by atoms with Gasteiger partial charge in [-0.05, 0) is 18.6 Å². The lowest BCUT2D eigenvalue weighted by atomic mass is 10.2. The highest BCUT2D eigenvalue weighted by molar-refractivity contribution is 5.89. The number of non-ortho nitro benzene ring substituents is 2. The minimum absolute atomic E-state index is 0.0147. The van der Waals surface area contributed by atoms with Gasteiger partial charge in [0.25, 0.3) is 11.4 Å². The first-order chi connectivity index (χ1) is 13.7. The van der Waals surface area contributed by atoms with Crippen LogP contribution in [0.15, 0.2) is 36.4 Å². The molecule has 29 heavy (non-hydrogen) atoms. The van der Waals surface area contributed by atoms with Crippen LogP contribution in [0.25, 0.3) is 0 Å². The molecular formula is C17H10F2N2O8. The molecule has 0 amide bonds. The minimum Gasteiger partial charge on any atom is -0.423 e. The molecule has 10 nitrogen and oxygen atoms in total. The number of ether oxygens (including phenoxy) is 2. The van der Waals surface area contributed by atoms with Crippen LogP contribution in [0.4, 0.5) is 20.2 Å². The summed E-state index contributed by atoms with van der Waals surface area (Å²) >= 11 is 0. The Morgan fingerprint density at radius 2 is 1.21 bits per heavy atom. The van der Waals surface area contributed by atoms with Crippen molar-refractivity contribution in [2.24, 2.45) is 11.8 Å². The number of rotatable bonds is 6. The SMILES string of the molecule is O=C(Oc1ccc([N+](=O)[O-])cc1F)[C@@H]1C[C@H]1C(=O)Oc1ccc([N+](=O)[O-])cc1F. The number of nitrogens with zero attached hydrogens (tertiary/aromatic N) is 2. The van der Waals surface area contributed by atoms with Gasteiger partial charge in [-0.2, -0.15) is 0 Å². The summed E-state index contributed by atoms with van der Waals surface area (Å²) in [6.07, 6.45) is 0.0147. The monoisotopic (exact) mass is 408 g/mol. The van der Waals surface area contributed by atoms with Crippen LogP contribution >= 0.6 is 0 Å². The average molecular weight is 408 g/mol. The number of hydrogen-bond donors (Lipinski definition) is 0. The van der Waals surface area contributed by atoms with Gasteiger partial charge in [-0.25, -0.2) is 8.78 Å². The molecule has 0 unspecified atom stereocenters. The molecule has 150 valence electrons. The molecule has 2 atom stereocenters. The summed E-state index contributed by atoms with van der Waals surface area (Å²) in [4.78, 5) is 43.5. The molecule has 0 saturated heterocycles. The molecule has 0 bridgehead atoms. The maximum atomic E-state index is 13.8. The maximum Gasteiger partial charge on any atom is 0.315 e. The molecule has 1 fully saturated rings. The summed E-state index contributed by atoms with van der Waals surface area (Å²) in [7, 11) is 0. The van der Waals surface area contributed by atoms with Crippen molar-refractivity contribution < 1.29 is 37.7 Å². The predicted octanol–water partition coefficient (Wildman–Crippen LogP) is 2.93. The van der Waals surface area contributed by atoms with E-state index in [1.165, 1.54) is 0 Å². The zero-order valence-electron chi connectivity index (χ0n) is 14.2. The molecule has 1 aliphatic rings. The second kappa shape index (κ2) is 7.58. The molecule has 0 aliphatic heterocycles. The van der Waals surface area contributed by atoms with E-state index in [0.717, 1.165) is 24.3 Å². The van der Waals surface area contributed by atoms with E-state index in [9.17, 15) is 38.6 Å². The molecule has 0 radical (unpaired) electrons. The van der Waals surface area contributed by atoms with Crippen molar-refractivity contribution in [2.75, 3.05) is 0 Å². The molecule has 2 aromatic carbocycles. The van der Waals surface area contributed by atoms with Gasteiger partial charge in [0.2, 0.25) is 0 Å². The Morgan fingerprint density at radius 1 is 0.828 bits per heavy atom. The summed E-state index contributed by atoms with van der Waals surface area (Å²) in [5.41, 5.74) is -1.06. The molecule has 0 spiro atoms. The van der Waals surface area contributed by atoms with Gasteiger partial charge in [0.1, 0.15) is 0 Å². The Morgan fingerprint density at radius 3 is 1.52 bits per heavy atom. The van der Waals surface area contributed by atoms with Crippen molar-refractivity contribution in [2.45, 2.75) is 6.42 Å². The summed E-state index contributed by atoms with van der Waals surface area (Å²) in [5, 5.41) is 21.1. The zero-order valence-corrected chi connectivity index (χ0v) is 14.2. The fourth-order valence-electron chi connectivity index (χ4n) is 2.46. The minimum atomic E-state index is -1.12. The highest BCUT2D eigenvalue weighted by Crippen LogP contribution is 2.41. The lowest BCUT2D eigenvalue weighted by molar-refractivity contribution is -0.385. The maximum absolute atomic E-state index is 13.8. The van der Waals surface area contributed by atoms with E-state index in [0.29, 0.717) is 12.1 Å². The Hall–Kier alpha value is -3.96. The highest BCUT2D eigenvalue weighted by atomic mass is 19.1. The van der Waals surface area contributed by atoms with Crippen LogP contribution in [0, 0.1) is 43.7 Å². The van der Waals surface area contributed by atoms with E-state index in [1.54, 1.807) is 0 Å². The fourth-order valence-corrected chi connectivity index (χ4v) is 2.46. The average Bonchev–Trinajstić information content (AvgIpc) is 3.45. The number of carbonyl (C=O) groups is 2. The van der Waals surface area contributed by atoms with E-state index in [2.05, 4.69) is 0 Å². The van der Waals surface area contributed by atoms with Crippen molar-refractivity contribution in [1.29, 1.82) is 0 Å². The van der Waals surface area contributed by atoms with Gasteiger partial charge < -0.3 is 9.47 Å². The highest BCUT2D eigenvalue weighted by Gasteiger charge is 2.51. The summed E-state index contributed by atoms with van der Waals surface area (Å²) in [6, 6.07) is 4.88. The van der Waals surface area contributed by atoms with E-state index >= 15 is 0 Å². The van der Waals surface area contributed by atoms with Crippen molar-refractivity contribution in [3.8, 4) is 11.5 Å². The van der Waals surface area contributed by atoms with E-state index in [1.807, 2.05) is 0 Å². The third-order valence-corrected chi connectivity index (χ3v) is 4.07. The van der Waals surface area contributed by atoms with Crippen LogP contribution in [0.3, 0.4) is 0 Å². The van der Waals surface area contributed by atoms with Crippen molar-refractivity contribution >= 4 is 23.3 Å². The molecule has 1 saturated carbocycles. The van der Waals surface area contributed by atoms with Gasteiger partial charge in [-0.1, -0.05) is 0 Å². The third kappa shape index (κ3) is 4.31. The van der Waals surface area contributed by atoms with E-state index in [4.69, 9.17) is 9.47 Å². The second-order valence-corrected chi connectivity index (χ2v) is 6.03. The first-order valence-electron chi connectivity index (χ1n) is 7.98. The Labute approximate surface area is 159 Å². The van der Waals surface area contributed by atoms with Crippen LogP contribution in [-0.2, 0) is 9.59 Å². The fraction of sp³-hybridized carbons (Fsp3) is 0.176. The number of nitro groups is 2. The topological polar surface area (TPSA) is 139 Å². The predicted molar refractivity (Wildman–Crippen MR) is 89.0 cm³/mol. The summed E-state index contributed by atoms with van der Waals surface area (Å²) in [5.74, 6) is -7.16. The van der Waals surface area contributed by atoms with Gasteiger partial charge in [-0.3, -0.25) is 29.8 Å². The lowest BCUT2D eigenvalue weighted by Gasteiger charge is -2.06. The first kappa shape index (κ1) is 19.8. The van der Waals surface area contributed by atoms with Gasteiger partial charge in [0.05, 0.1) is 33.8 Å². The van der Waals surface area contributed by atoms with Crippen LogP contribution in [-0.4, -0.2) is 21.8 Å². The van der Waals surface area contributed by atoms with Gasteiger partial charge in [0, 0.05) is 12.1 Å². The Kier molecular flexibility index (Phi) is 5.17. The Balaban J connectivity index is 1.60. The quantitative estimate of drug-likeness (QED) is 0.308. The van der Waals surface area contributed by atoms with Crippen LogP contribution in [0.5, 0.6) is 11.5 Å². The molecule has 0 aromatic heterocycles. The van der Waals surface area contributed by atoms with Crippen molar-refractivity contribution in [1.82, 2.24) is 0 Å². The largest absolute Gasteiger partial charge is 0.423 e. The van der Waals surface area contributed by atoms with Crippen LogP contribution in [0.2, 0.25) is 0 Å². The number of halogens is 2. The van der Waals surface area contributed by atoms with E-state index in [-0.39, 0.29) is 6.42 Å². The number of nitro benzene ring substituents is 2. The molecular weight excluding hydrogens is 398 g/mol. The third-order valence-electron chi connectivity index (χ3n) is 4.07. The van der Waals surface area contributed by atoms with Crippen molar-refractivity contribution in [3.05, 3.63) is 68.3 Å². The summed E-state index contributed by atoms with van der Waals surface area (Å²) < 4.78 is 37.2. The Bertz CT molecular complexity index is 961. The molecule has 12 heteroatoms. The number of esters is 2. The molecule has 0 N–H and O–H groups in total. The van der Waals surface area contributed by atoms with Gasteiger partial charge in [0.15, 0.2) is 23.1 Å². The number of carbonyl (C=O) groups excluding carboxylic acids is 2. The van der Waals surface area contributed by atoms with Gasteiger partial charge in [-0.15, -0.1) is 0 Å². The molecule has 0 heterocycles. The van der Waals surface area contributed by atoms with Crippen LogP contribution < -0.4 is 9.47 Å². The molecule has 2 aromatic rings. The standard InChI is InChI=1S/C17H10F2N2O8/c18-12-5-8(20(24)25)1-3-14(12)28-16(22)10-7-11(10)17(23)29-15-4-2-9(21(26)27)6-13(15)19/h1-6,10-11H,7H2/t10-,11-/m1/s1. The lowest BCUT2D eigenvalue weighted by Crippen LogP contribution is -2.18. The van der Waals surface area contributed by atoms with Crippen LogP contribution in [0.1, 0.15) is 6.42 Å². The number of benzene rings is 2. The molecule has 3 rings (SSSR count). The zero-order chi connectivity index (χ0) is 21.3. The van der Waals surface area contributed by atoms with E-state index < -0.39 is 68.1 Å². The summed E-state index contributed by atoms with van der Waals surface area (Å²) in [6.45, 7) is 0. The normalized spacial score (nSPS) is 17.3.